The Labute approximate surface area is 138 Å². The highest BCUT2D eigenvalue weighted by atomic mass is 28.1. The number of ether oxygens (including phenoxy) is 2. The summed E-state index contributed by atoms with van der Waals surface area (Å²) in [4.78, 5) is 11.5. The zero-order valence-electron chi connectivity index (χ0n) is 15.2. The number of hydrogen-bond donors (Lipinski definition) is 1. The van der Waals surface area contributed by atoms with E-state index in [1.807, 2.05) is 6.92 Å². The Morgan fingerprint density at radius 2 is 1.59 bits per heavy atom. The molecule has 0 aliphatic heterocycles. The van der Waals surface area contributed by atoms with E-state index in [9.17, 15) is 9.90 Å². The van der Waals surface area contributed by atoms with Crippen LogP contribution in [0.4, 0.5) is 0 Å². The maximum Gasteiger partial charge on any atom is 0.331 e. The van der Waals surface area contributed by atoms with Gasteiger partial charge in [-0.15, -0.1) is 0 Å². The van der Waals surface area contributed by atoms with Crippen molar-refractivity contribution in [1.29, 1.82) is 0 Å². The van der Waals surface area contributed by atoms with Crippen molar-refractivity contribution < 1.29 is 19.4 Å². The minimum Gasteiger partial charge on any atom is -0.478 e. The van der Waals surface area contributed by atoms with E-state index in [4.69, 9.17) is 9.47 Å². The first kappa shape index (κ1) is 21.3. The Morgan fingerprint density at radius 1 is 1.14 bits per heavy atom. The predicted octanol–water partition coefficient (Wildman–Crippen LogP) is 3.30. The molecule has 0 fully saturated rings. The Bertz CT molecular complexity index is 356. The quantitative estimate of drug-likeness (QED) is 0.258. The molecule has 0 bridgehead atoms. The van der Waals surface area contributed by atoms with Crippen LogP contribution in [-0.4, -0.2) is 40.3 Å². The van der Waals surface area contributed by atoms with Gasteiger partial charge in [0.15, 0.2) is 5.79 Å². The fraction of sp³-hybridized carbons (Fsp3) is 0.824. The Balaban J connectivity index is 5.52. The van der Waals surface area contributed by atoms with E-state index in [0.717, 1.165) is 47.9 Å². The molecule has 1 atom stereocenters. The number of hydrogen-bond acceptors (Lipinski definition) is 3. The van der Waals surface area contributed by atoms with Crippen molar-refractivity contribution >= 4 is 16.2 Å². The molecule has 130 valence electrons. The standard InChI is InChI=1S/C17H34O4Si/c1-6-9-11-20-17(5,21-12-10-7-2)15(14(22)8-3)13(4)16(18)19/h14H,6-12H2,1-5,22H3,(H,18,19). The molecular formula is C17H34O4Si. The molecule has 0 aliphatic rings. The third kappa shape index (κ3) is 6.63. The van der Waals surface area contributed by atoms with Gasteiger partial charge in [-0.1, -0.05) is 40.0 Å². The van der Waals surface area contributed by atoms with E-state index in [-0.39, 0.29) is 5.54 Å². The van der Waals surface area contributed by atoms with Crippen molar-refractivity contribution in [1.82, 2.24) is 0 Å². The summed E-state index contributed by atoms with van der Waals surface area (Å²) in [5.41, 5.74) is 1.43. The predicted molar refractivity (Wildman–Crippen MR) is 94.4 cm³/mol. The first-order valence-corrected chi connectivity index (χ1v) is 9.71. The van der Waals surface area contributed by atoms with Gasteiger partial charge in [-0.3, -0.25) is 0 Å². The molecule has 0 spiro atoms. The fourth-order valence-electron chi connectivity index (χ4n) is 2.50. The Hall–Kier alpha value is -0.653. The number of carboxylic acids is 1. The van der Waals surface area contributed by atoms with Crippen molar-refractivity contribution in [3.8, 4) is 0 Å². The van der Waals surface area contributed by atoms with Crippen LogP contribution in [0.3, 0.4) is 0 Å². The molecule has 0 aromatic rings. The molecule has 0 heterocycles. The summed E-state index contributed by atoms with van der Waals surface area (Å²) in [6.07, 6.45) is 4.89. The summed E-state index contributed by atoms with van der Waals surface area (Å²) in [5.74, 6) is -1.80. The molecule has 0 amide bonds. The maximum atomic E-state index is 11.5. The summed E-state index contributed by atoms with van der Waals surface area (Å²) in [6, 6.07) is 0. The van der Waals surface area contributed by atoms with Gasteiger partial charge >= 0.3 is 5.97 Å². The van der Waals surface area contributed by atoms with Gasteiger partial charge in [0, 0.05) is 15.8 Å². The van der Waals surface area contributed by atoms with Crippen LogP contribution in [0.25, 0.3) is 0 Å². The highest BCUT2D eigenvalue weighted by Gasteiger charge is 2.36. The van der Waals surface area contributed by atoms with Gasteiger partial charge in [0.25, 0.3) is 0 Å². The second-order valence-electron chi connectivity index (χ2n) is 6.00. The second kappa shape index (κ2) is 11.0. The summed E-state index contributed by atoms with van der Waals surface area (Å²) >= 11 is 0. The molecule has 0 radical (unpaired) electrons. The summed E-state index contributed by atoms with van der Waals surface area (Å²) < 4.78 is 12.1. The van der Waals surface area contributed by atoms with Crippen molar-refractivity contribution in [2.75, 3.05) is 13.2 Å². The zero-order valence-corrected chi connectivity index (χ0v) is 17.2. The molecule has 4 nitrogen and oxygen atoms in total. The lowest BCUT2D eigenvalue weighted by atomic mass is 9.95. The molecule has 5 heteroatoms. The van der Waals surface area contributed by atoms with E-state index in [0.29, 0.717) is 18.8 Å². The average molecular weight is 331 g/mol. The van der Waals surface area contributed by atoms with Gasteiger partial charge in [0.1, 0.15) is 0 Å². The summed E-state index contributed by atoms with van der Waals surface area (Å²) in [6.45, 7) is 11.1. The molecule has 0 rings (SSSR count). The largest absolute Gasteiger partial charge is 0.478 e. The topological polar surface area (TPSA) is 55.8 Å². The van der Waals surface area contributed by atoms with Gasteiger partial charge in [-0.05, 0) is 37.8 Å². The third-order valence-electron chi connectivity index (χ3n) is 4.07. The van der Waals surface area contributed by atoms with Gasteiger partial charge < -0.3 is 14.6 Å². The number of carbonyl (C=O) groups is 1. The minimum absolute atomic E-state index is 0.240. The van der Waals surface area contributed by atoms with Crippen molar-refractivity contribution in [3.63, 3.8) is 0 Å². The lowest BCUT2D eigenvalue weighted by molar-refractivity contribution is -0.203. The van der Waals surface area contributed by atoms with Gasteiger partial charge in [0.2, 0.25) is 0 Å². The van der Waals surface area contributed by atoms with E-state index >= 15 is 0 Å². The number of aliphatic carboxylic acids is 1. The molecule has 22 heavy (non-hydrogen) atoms. The van der Waals surface area contributed by atoms with Crippen LogP contribution in [0.15, 0.2) is 11.1 Å². The first-order valence-electron chi connectivity index (χ1n) is 8.56. The number of rotatable bonds is 12. The third-order valence-corrected chi connectivity index (χ3v) is 5.46. The molecule has 0 aliphatic carbocycles. The normalized spacial score (nSPS) is 14.8. The lowest BCUT2D eigenvalue weighted by Gasteiger charge is -2.36. The summed E-state index contributed by atoms with van der Waals surface area (Å²) in [7, 11) is 0.885. The zero-order chi connectivity index (χ0) is 17.2. The minimum atomic E-state index is -0.921. The summed E-state index contributed by atoms with van der Waals surface area (Å²) in [5, 5.41) is 9.45. The van der Waals surface area contributed by atoms with Crippen LogP contribution in [0.1, 0.15) is 66.7 Å². The first-order chi connectivity index (χ1) is 10.3. The van der Waals surface area contributed by atoms with Gasteiger partial charge in [-0.25, -0.2) is 4.79 Å². The SMILES string of the molecule is CCCCOC(C)(OCCCC)C(=C(C)C(=O)O)C([SiH3])CC. The number of unbranched alkanes of at least 4 members (excludes halogenated alkanes) is 2. The second-order valence-corrected chi connectivity index (χ2v) is 7.40. The molecule has 0 aromatic carbocycles. The van der Waals surface area contributed by atoms with Gasteiger partial charge in [-0.2, -0.15) is 0 Å². The fourth-order valence-corrected chi connectivity index (χ4v) is 3.45. The average Bonchev–Trinajstić information content (AvgIpc) is 2.47. The molecule has 0 saturated carbocycles. The van der Waals surface area contributed by atoms with Crippen LogP contribution in [0.2, 0.25) is 5.54 Å². The lowest BCUT2D eigenvalue weighted by Crippen LogP contribution is -2.39. The molecule has 0 aromatic heterocycles. The molecular weight excluding hydrogens is 296 g/mol. The van der Waals surface area contributed by atoms with E-state index in [1.165, 1.54) is 0 Å². The van der Waals surface area contributed by atoms with Crippen LogP contribution < -0.4 is 0 Å². The Morgan fingerprint density at radius 3 is 1.91 bits per heavy atom. The van der Waals surface area contributed by atoms with Crippen LogP contribution in [0.5, 0.6) is 0 Å². The Kier molecular flexibility index (Phi) is 10.6. The van der Waals surface area contributed by atoms with Gasteiger partial charge in [0.05, 0.1) is 13.2 Å². The van der Waals surface area contributed by atoms with Crippen LogP contribution >= 0.6 is 0 Å². The van der Waals surface area contributed by atoms with Crippen molar-refractivity contribution in [3.05, 3.63) is 11.1 Å². The van der Waals surface area contributed by atoms with E-state index < -0.39 is 11.8 Å². The molecule has 0 saturated heterocycles. The van der Waals surface area contributed by atoms with Crippen molar-refractivity contribution in [2.24, 2.45) is 0 Å². The smallest absolute Gasteiger partial charge is 0.331 e. The molecule has 1 unspecified atom stereocenters. The van der Waals surface area contributed by atoms with Crippen LogP contribution in [-0.2, 0) is 14.3 Å². The maximum absolute atomic E-state index is 11.5. The van der Waals surface area contributed by atoms with E-state index in [1.54, 1.807) is 6.92 Å². The highest BCUT2D eigenvalue weighted by Crippen LogP contribution is 2.36. The van der Waals surface area contributed by atoms with Crippen molar-refractivity contribution in [2.45, 2.75) is 78.1 Å². The monoisotopic (exact) mass is 330 g/mol. The van der Waals surface area contributed by atoms with Crippen LogP contribution in [0, 0.1) is 0 Å². The van der Waals surface area contributed by atoms with E-state index in [2.05, 4.69) is 20.8 Å². The number of carboxylic acid groups (broad SMARTS) is 1. The molecule has 1 N–H and O–H groups in total. The highest BCUT2D eigenvalue weighted by molar-refractivity contribution is 6.14.